The van der Waals surface area contributed by atoms with Gasteiger partial charge in [0.1, 0.15) is 5.01 Å². The van der Waals surface area contributed by atoms with E-state index in [4.69, 9.17) is 11.6 Å². The number of thiazole rings is 1. The third kappa shape index (κ3) is 3.17. The number of carbonyl (C=O) groups is 1. The van der Waals surface area contributed by atoms with E-state index in [0.717, 1.165) is 16.3 Å². The van der Waals surface area contributed by atoms with Crippen LogP contribution in [-0.4, -0.2) is 15.8 Å². The Labute approximate surface area is 131 Å². The van der Waals surface area contributed by atoms with E-state index < -0.39 is 0 Å². The summed E-state index contributed by atoms with van der Waals surface area (Å²) < 4.78 is 0. The summed E-state index contributed by atoms with van der Waals surface area (Å²) in [5.74, 6) is -0.0450. The summed E-state index contributed by atoms with van der Waals surface area (Å²) in [4.78, 5) is 20.6. The Kier molecular flexibility index (Phi) is 4.08. The first-order chi connectivity index (χ1) is 10.2. The van der Waals surface area contributed by atoms with Crippen LogP contribution in [0, 0.1) is 0 Å². The fourth-order valence-corrected chi connectivity index (χ4v) is 2.99. The third-order valence-electron chi connectivity index (χ3n) is 3.01. The van der Waals surface area contributed by atoms with Crippen molar-refractivity contribution < 1.29 is 4.79 Å². The van der Waals surface area contributed by atoms with Gasteiger partial charge in [0.2, 0.25) is 0 Å². The van der Waals surface area contributed by atoms with Gasteiger partial charge in [0.25, 0.3) is 0 Å². The maximum atomic E-state index is 12.2. The van der Waals surface area contributed by atoms with Crippen LogP contribution in [0.15, 0.2) is 54.2 Å². The third-order valence-corrected chi connectivity index (χ3v) is 4.16. The predicted molar refractivity (Wildman–Crippen MR) is 84.8 cm³/mol. The molecule has 2 aromatic heterocycles. The first-order valence-electron chi connectivity index (χ1n) is 6.36. The monoisotopic (exact) mass is 314 g/mol. The van der Waals surface area contributed by atoms with E-state index in [0.29, 0.717) is 10.6 Å². The molecule has 0 aliphatic carbocycles. The summed E-state index contributed by atoms with van der Waals surface area (Å²) in [5.41, 5.74) is 2.43. The summed E-state index contributed by atoms with van der Waals surface area (Å²) in [6.45, 7) is 0. The van der Waals surface area contributed by atoms with Crippen LogP contribution in [0.5, 0.6) is 0 Å². The minimum absolute atomic E-state index is 0.0450. The van der Waals surface area contributed by atoms with E-state index >= 15 is 0 Å². The van der Waals surface area contributed by atoms with Crippen molar-refractivity contribution in [1.82, 2.24) is 9.97 Å². The molecule has 3 nitrogen and oxygen atoms in total. The molecule has 0 fully saturated rings. The van der Waals surface area contributed by atoms with Crippen molar-refractivity contribution in [3.05, 3.63) is 69.8 Å². The lowest BCUT2D eigenvalue weighted by atomic mass is 10.1. The second kappa shape index (κ2) is 6.16. The summed E-state index contributed by atoms with van der Waals surface area (Å²) in [5, 5.41) is 3.13. The highest BCUT2D eigenvalue weighted by Crippen LogP contribution is 2.23. The predicted octanol–water partition coefficient (Wildman–Crippen LogP) is 4.28. The molecule has 2 heterocycles. The molecule has 0 aliphatic heterocycles. The van der Waals surface area contributed by atoms with E-state index in [1.165, 1.54) is 17.5 Å². The molecule has 0 amide bonds. The second-order valence-corrected chi connectivity index (χ2v) is 5.80. The van der Waals surface area contributed by atoms with Gasteiger partial charge in [-0.1, -0.05) is 41.9 Å². The van der Waals surface area contributed by atoms with Crippen molar-refractivity contribution in [1.29, 1.82) is 0 Å². The molecule has 1 aromatic carbocycles. The minimum atomic E-state index is -0.0450. The van der Waals surface area contributed by atoms with Crippen LogP contribution >= 0.6 is 22.9 Å². The van der Waals surface area contributed by atoms with Crippen LogP contribution in [0.1, 0.15) is 15.4 Å². The average molecular weight is 315 g/mol. The summed E-state index contributed by atoms with van der Waals surface area (Å²) >= 11 is 7.47. The zero-order valence-electron chi connectivity index (χ0n) is 11.0. The summed E-state index contributed by atoms with van der Waals surface area (Å²) in [7, 11) is 0. The number of halogens is 1. The van der Waals surface area contributed by atoms with Crippen molar-refractivity contribution in [3.8, 4) is 11.3 Å². The highest BCUT2D eigenvalue weighted by atomic mass is 35.5. The van der Waals surface area contributed by atoms with Crippen LogP contribution in [0.3, 0.4) is 0 Å². The molecule has 0 unspecified atom stereocenters. The molecule has 0 bridgehead atoms. The fourth-order valence-electron chi connectivity index (χ4n) is 1.97. The van der Waals surface area contributed by atoms with Crippen molar-refractivity contribution in [2.24, 2.45) is 0 Å². The minimum Gasteiger partial charge on any atom is -0.294 e. The molecule has 5 heteroatoms. The van der Waals surface area contributed by atoms with Crippen molar-refractivity contribution >= 4 is 28.7 Å². The molecule has 0 saturated carbocycles. The van der Waals surface area contributed by atoms with Crippen LogP contribution in [0.25, 0.3) is 11.3 Å². The van der Waals surface area contributed by atoms with Gasteiger partial charge >= 0.3 is 0 Å². The zero-order chi connectivity index (χ0) is 14.7. The van der Waals surface area contributed by atoms with Crippen LogP contribution in [-0.2, 0) is 6.42 Å². The molecule has 0 radical (unpaired) electrons. The van der Waals surface area contributed by atoms with E-state index in [1.54, 1.807) is 12.3 Å². The fraction of sp³-hybridized carbons (Fsp3) is 0.0625. The molecule has 0 spiro atoms. The molecular weight excluding hydrogens is 304 g/mol. The van der Waals surface area contributed by atoms with Gasteiger partial charge in [0.05, 0.1) is 17.1 Å². The number of pyridine rings is 1. The Hall–Kier alpha value is -2.04. The standard InChI is InChI=1S/C16H11ClN2OS/c17-13-9-18-7-6-12(13)15(20)8-16-19-14(10-21-16)11-4-2-1-3-5-11/h1-7,9-10H,8H2. The number of ketones is 1. The highest BCUT2D eigenvalue weighted by Gasteiger charge is 2.13. The lowest BCUT2D eigenvalue weighted by molar-refractivity contribution is 0.0993. The number of benzene rings is 1. The van der Waals surface area contributed by atoms with Gasteiger partial charge in [-0.05, 0) is 6.07 Å². The number of aromatic nitrogens is 2. The van der Waals surface area contributed by atoms with E-state index in [9.17, 15) is 4.79 Å². The zero-order valence-corrected chi connectivity index (χ0v) is 12.6. The SMILES string of the molecule is O=C(Cc1nc(-c2ccccc2)cs1)c1ccncc1Cl. The number of Topliss-reactive ketones (excluding diaryl/α,β-unsaturated/α-hetero) is 1. The van der Waals surface area contributed by atoms with Crippen LogP contribution < -0.4 is 0 Å². The summed E-state index contributed by atoms with van der Waals surface area (Å²) in [6.07, 6.45) is 3.30. The first kappa shape index (κ1) is 13.9. The van der Waals surface area contributed by atoms with Crippen molar-refractivity contribution in [3.63, 3.8) is 0 Å². The number of carbonyl (C=O) groups excluding carboxylic acids is 1. The van der Waals surface area contributed by atoms with Gasteiger partial charge in [-0.3, -0.25) is 9.78 Å². The van der Waals surface area contributed by atoms with E-state index in [2.05, 4.69) is 9.97 Å². The second-order valence-electron chi connectivity index (χ2n) is 4.45. The van der Waals surface area contributed by atoms with Gasteiger partial charge in [0.15, 0.2) is 5.78 Å². The molecule has 0 atom stereocenters. The number of hydrogen-bond donors (Lipinski definition) is 0. The molecular formula is C16H11ClN2OS. The van der Waals surface area contributed by atoms with Gasteiger partial charge in [0, 0.05) is 28.9 Å². The number of hydrogen-bond acceptors (Lipinski definition) is 4. The molecule has 0 N–H and O–H groups in total. The first-order valence-corrected chi connectivity index (χ1v) is 7.62. The molecule has 104 valence electrons. The Morgan fingerprint density at radius 2 is 2.00 bits per heavy atom. The normalized spacial score (nSPS) is 10.5. The molecule has 21 heavy (non-hydrogen) atoms. The van der Waals surface area contributed by atoms with Gasteiger partial charge in [-0.25, -0.2) is 4.98 Å². The van der Waals surface area contributed by atoms with Gasteiger partial charge < -0.3 is 0 Å². The Bertz CT molecular complexity index is 771. The van der Waals surface area contributed by atoms with Gasteiger partial charge in [-0.2, -0.15) is 0 Å². The highest BCUT2D eigenvalue weighted by molar-refractivity contribution is 7.10. The van der Waals surface area contributed by atoms with Crippen molar-refractivity contribution in [2.45, 2.75) is 6.42 Å². The quantitative estimate of drug-likeness (QED) is 0.675. The van der Waals surface area contributed by atoms with Crippen LogP contribution in [0.4, 0.5) is 0 Å². The Morgan fingerprint density at radius 1 is 1.19 bits per heavy atom. The molecule has 3 aromatic rings. The van der Waals surface area contributed by atoms with E-state index in [-0.39, 0.29) is 12.2 Å². The Balaban J connectivity index is 1.79. The topological polar surface area (TPSA) is 42.9 Å². The maximum absolute atomic E-state index is 12.2. The average Bonchev–Trinajstić information content (AvgIpc) is 2.97. The lowest BCUT2D eigenvalue weighted by Gasteiger charge is -2.00. The van der Waals surface area contributed by atoms with Crippen molar-refractivity contribution in [2.75, 3.05) is 0 Å². The number of rotatable bonds is 4. The number of nitrogens with zero attached hydrogens (tertiary/aromatic N) is 2. The van der Waals surface area contributed by atoms with Crippen LogP contribution in [0.2, 0.25) is 5.02 Å². The Morgan fingerprint density at radius 3 is 2.76 bits per heavy atom. The largest absolute Gasteiger partial charge is 0.294 e. The molecule has 0 aliphatic rings. The molecule has 3 rings (SSSR count). The smallest absolute Gasteiger partial charge is 0.171 e. The van der Waals surface area contributed by atoms with E-state index in [1.807, 2.05) is 35.7 Å². The van der Waals surface area contributed by atoms with Gasteiger partial charge in [-0.15, -0.1) is 11.3 Å². The summed E-state index contributed by atoms with van der Waals surface area (Å²) in [6, 6.07) is 11.5. The lowest BCUT2D eigenvalue weighted by Crippen LogP contribution is -2.04. The molecule has 0 saturated heterocycles. The maximum Gasteiger partial charge on any atom is 0.171 e.